The number of ketones is 2. The van der Waals surface area contributed by atoms with Gasteiger partial charge in [0, 0.05) is 53.8 Å². The number of nitrogens with one attached hydrogen (secondary N) is 3. The maximum absolute atomic E-state index is 17.7. The van der Waals surface area contributed by atoms with E-state index in [0.29, 0.717) is 17.2 Å². The molecule has 346 valence electrons. The Morgan fingerprint density at radius 2 is 1.58 bits per heavy atom. The summed E-state index contributed by atoms with van der Waals surface area (Å²) in [6.07, 6.45) is -0.872. The molecule has 12 atom stereocenters. The standard InChI is InChI=1S/C47H52F2N4O12/c1-24(50-38(58)15-17-53-39(59)12-13-40(53)60)42(61)51-25(2)43(62)52-27-6-5-7-30(18-27)64-29-10-8-26(9-11-29)44(63)65-36-21-31-32-20-34(48)33-19-28(55)14-16-46(33,4)47(32,49)37(57)22-45(31,3)41(36)35(56)23-54/h5-14,16,18-19,24-25,31-32,34,36-37,41,44,54,57,63H,15,17,20-23H2,1-4H3,(H,50,58)(H,51,61)(H,52,62)/t24-,25-,31-,32-,34-,36+,37-,41-,44-,45-,46-,47-/m0/s1. The van der Waals surface area contributed by atoms with Crippen molar-refractivity contribution in [3.05, 3.63) is 90.0 Å². The van der Waals surface area contributed by atoms with Crippen LogP contribution in [0, 0.1) is 28.6 Å². The minimum Gasteiger partial charge on any atom is -0.457 e. The van der Waals surface area contributed by atoms with Crippen molar-refractivity contribution in [1.82, 2.24) is 15.5 Å². The fourth-order valence-electron chi connectivity index (χ4n) is 10.6. The van der Waals surface area contributed by atoms with Gasteiger partial charge in [0.05, 0.1) is 18.1 Å². The van der Waals surface area contributed by atoms with Crippen LogP contribution < -0.4 is 20.7 Å². The molecule has 5 amide bonds. The zero-order valence-electron chi connectivity index (χ0n) is 36.2. The minimum absolute atomic E-state index is 0.0290. The lowest BCUT2D eigenvalue weighted by Gasteiger charge is -2.62. The molecule has 1 aliphatic heterocycles. The van der Waals surface area contributed by atoms with Crippen LogP contribution in [-0.2, 0) is 38.3 Å². The third-order valence-electron chi connectivity index (χ3n) is 13.9. The van der Waals surface area contributed by atoms with Gasteiger partial charge in [-0.1, -0.05) is 31.2 Å². The number of aliphatic hydroxyl groups is 3. The number of carbonyl (C=O) groups excluding carboxylic acids is 7. The van der Waals surface area contributed by atoms with Gasteiger partial charge in [0.15, 0.2) is 23.5 Å². The van der Waals surface area contributed by atoms with Gasteiger partial charge in [-0.3, -0.25) is 38.5 Å². The number of amides is 5. The maximum atomic E-state index is 17.7. The third kappa shape index (κ3) is 8.79. The number of Topliss-reactive ketones (excluding diaryl/α,β-unsaturated/α-hetero) is 1. The van der Waals surface area contributed by atoms with Crippen LogP contribution >= 0.6 is 0 Å². The van der Waals surface area contributed by atoms with Crippen LogP contribution in [0.5, 0.6) is 11.5 Å². The average molecular weight is 903 g/mol. The lowest BCUT2D eigenvalue weighted by molar-refractivity contribution is -0.203. The molecule has 5 aliphatic rings. The summed E-state index contributed by atoms with van der Waals surface area (Å²) in [7, 11) is 0. The van der Waals surface area contributed by atoms with E-state index >= 15 is 8.78 Å². The highest BCUT2D eigenvalue weighted by atomic mass is 19.1. The van der Waals surface area contributed by atoms with E-state index in [1.807, 2.05) is 0 Å². The fraction of sp³-hybridized carbons (Fsp3) is 0.468. The second-order valence-corrected chi connectivity index (χ2v) is 17.9. The SMILES string of the molecule is C[C@H](NC(=O)CCN1C(=O)C=CC1=O)C(=O)N[C@@H](C)C(=O)Nc1cccc(Oc2ccc([C@@H](O)O[C@@H]3C[C@H]4[C@@H]5C[C@H](F)C6=CC(=O)C=C[C@]6(C)[C@@]5(F)[C@@H](O)C[C@]4(C)[C@H]3C(=O)CO)cc2)c1. The van der Waals surface area contributed by atoms with E-state index in [1.165, 1.54) is 51.1 Å². The number of aliphatic hydroxyl groups excluding tert-OH is 3. The molecule has 3 saturated carbocycles. The van der Waals surface area contributed by atoms with Crippen LogP contribution in [0.25, 0.3) is 0 Å². The number of hydrogen-bond acceptors (Lipinski definition) is 12. The Labute approximate surface area is 373 Å². The lowest BCUT2D eigenvalue weighted by Crippen LogP contribution is -2.68. The highest BCUT2D eigenvalue weighted by Crippen LogP contribution is 2.69. The molecular formula is C47H52F2N4O12. The maximum Gasteiger partial charge on any atom is 0.253 e. The number of anilines is 1. The van der Waals surface area contributed by atoms with Gasteiger partial charge in [0.25, 0.3) is 11.8 Å². The molecule has 0 spiro atoms. The highest BCUT2D eigenvalue weighted by molar-refractivity contribution is 6.13. The molecule has 0 bridgehead atoms. The third-order valence-corrected chi connectivity index (χ3v) is 13.9. The van der Waals surface area contributed by atoms with Crippen molar-refractivity contribution in [2.24, 2.45) is 28.6 Å². The van der Waals surface area contributed by atoms with E-state index in [0.717, 1.165) is 23.1 Å². The summed E-state index contributed by atoms with van der Waals surface area (Å²) in [6, 6.07) is 10.5. The number of alkyl halides is 2. The van der Waals surface area contributed by atoms with Crippen molar-refractivity contribution in [2.75, 3.05) is 18.5 Å². The van der Waals surface area contributed by atoms with Gasteiger partial charge in [-0.15, -0.1) is 0 Å². The number of rotatable bonds is 15. The number of benzene rings is 2. The van der Waals surface area contributed by atoms with E-state index in [9.17, 15) is 48.9 Å². The molecule has 0 unspecified atom stereocenters. The Hall–Kier alpha value is -5.95. The van der Waals surface area contributed by atoms with Crippen LogP contribution in [-0.4, -0.2) is 111 Å². The second kappa shape index (κ2) is 18.1. The highest BCUT2D eigenvalue weighted by Gasteiger charge is 2.73. The summed E-state index contributed by atoms with van der Waals surface area (Å²) >= 11 is 0. The average Bonchev–Trinajstić information content (AvgIpc) is 3.74. The predicted molar refractivity (Wildman–Crippen MR) is 227 cm³/mol. The summed E-state index contributed by atoms with van der Waals surface area (Å²) in [4.78, 5) is 88.0. The summed E-state index contributed by atoms with van der Waals surface area (Å²) in [6.45, 7) is 5.04. The first-order valence-corrected chi connectivity index (χ1v) is 21.5. The van der Waals surface area contributed by atoms with Gasteiger partial charge >= 0.3 is 0 Å². The summed E-state index contributed by atoms with van der Waals surface area (Å²) in [5, 5.41) is 40.7. The van der Waals surface area contributed by atoms with Crippen LogP contribution in [0.1, 0.15) is 65.2 Å². The second-order valence-electron chi connectivity index (χ2n) is 17.9. The normalized spacial score (nSPS) is 31.5. The minimum atomic E-state index is -2.39. The first-order chi connectivity index (χ1) is 30.7. The van der Waals surface area contributed by atoms with Crippen molar-refractivity contribution in [1.29, 1.82) is 0 Å². The first kappa shape index (κ1) is 47.0. The smallest absolute Gasteiger partial charge is 0.253 e. The first-order valence-electron chi connectivity index (χ1n) is 21.5. The molecule has 3 fully saturated rings. The van der Waals surface area contributed by atoms with Crippen molar-refractivity contribution in [2.45, 2.75) is 95.8 Å². The Morgan fingerprint density at radius 1 is 0.908 bits per heavy atom. The monoisotopic (exact) mass is 902 g/mol. The molecule has 7 rings (SSSR count). The Morgan fingerprint density at radius 3 is 2.26 bits per heavy atom. The topological polar surface area (TPSA) is 238 Å². The molecule has 4 aliphatic carbocycles. The molecule has 18 heteroatoms. The zero-order chi connectivity index (χ0) is 47.2. The van der Waals surface area contributed by atoms with Gasteiger partial charge in [-0.25, -0.2) is 8.78 Å². The van der Waals surface area contributed by atoms with Crippen LogP contribution in [0.3, 0.4) is 0 Å². The van der Waals surface area contributed by atoms with E-state index < -0.39 is 119 Å². The molecule has 2 aromatic rings. The number of nitrogens with zero attached hydrogens (tertiary/aromatic N) is 1. The molecule has 6 N–H and O–H groups in total. The molecule has 0 radical (unpaired) electrons. The molecule has 16 nitrogen and oxygen atoms in total. The molecule has 0 aromatic heterocycles. The number of allylic oxidation sites excluding steroid dienone is 4. The van der Waals surface area contributed by atoms with Gasteiger partial charge in [0.1, 0.15) is 36.4 Å². The van der Waals surface area contributed by atoms with Gasteiger partial charge < -0.3 is 40.7 Å². The van der Waals surface area contributed by atoms with E-state index in [4.69, 9.17) is 9.47 Å². The van der Waals surface area contributed by atoms with Crippen molar-refractivity contribution >= 4 is 46.8 Å². The fourth-order valence-corrected chi connectivity index (χ4v) is 10.6. The number of fused-ring (bicyclic) bond motifs is 5. The number of imide groups is 1. The van der Waals surface area contributed by atoms with Crippen LogP contribution in [0.4, 0.5) is 14.5 Å². The van der Waals surface area contributed by atoms with Crippen molar-refractivity contribution in [3.8, 4) is 11.5 Å². The van der Waals surface area contributed by atoms with Gasteiger partial charge in [-0.05, 0) is 93.4 Å². The predicted octanol–water partition coefficient (Wildman–Crippen LogP) is 3.22. The van der Waals surface area contributed by atoms with Crippen LogP contribution in [0.2, 0.25) is 0 Å². The molecule has 1 heterocycles. The van der Waals surface area contributed by atoms with E-state index in [2.05, 4.69) is 16.0 Å². The largest absolute Gasteiger partial charge is 0.457 e. The number of ether oxygens (including phenoxy) is 2. The Bertz CT molecular complexity index is 2350. The van der Waals surface area contributed by atoms with Crippen molar-refractivity contribution in [3.63, 3.8) is 0 Å². The van der Waals surface area contributed by atoms with Crippen LogP contribution in [0.15, 0.2) is 84.5 Å². The number of carbonyl (C=O) groups is 7. The molecular weight excluding hydrogens is 851 g/mol. The Balaban J connectivity index is 0.948. The van der Waals surface area contributed by atoms with E-state index in [1.54, 1.807) is 37.3 Å². The number of hydrogen-bond donors (Lipinski definition) is 6. The Kier molecular flexibility index (Phi) is 13.1. The summed E-state index contributed by atoms with van der Waals surface area (Å²) < 4.78 is 45.7. The lowest BCUT2D eigenvalue weighted by atomic mass is 9.45. The quantitative estimate of drug-likeness (QED) is 0.112. The number of halogens is 2. The molecule has 2 aromatic carbocycles. The molecule has 0 saturated heterocycles. The van der Waals surface area contributed by atoms with Crippen molar-refractivity contribution < 1.29 is 67.1 Å². The van der Waals surface area contributed by atoms with Gasteiger partial charge in [0.2, 0.25) is 17.7 Å². The van der Waals surface area contributed by atoms with E-state index in [-0.39, 0.29) is 43.4 Å². The summed E-state index contributed by atoms with van der Waals surface area (Å²) in [5.41, 5.74) is -4.57. The zero-order valence-corrected chi connectivity index (χ0v) is 36.2. The summed E-state index contributed by atoms with van der Waals surface area (Å²) in [5.74, 6) is -6.14. The van der Waals surface area contributed by atoms with Gasteiger partial charge in [-0.2, -0.15) is 0 Å². The molecule has 65 heavy (non-hydrogen) atoms.